The molecular formula is C16H20N2OS. The maximum absolute atomic E-state index is 9.00. The van der Waals surface area contributed by atoms with Gasteiger partial charge in [-0.15, -0.1) is 11.8 Å². The SMILES string of the molecule is CCC(Oc1c(C)cc(C#N)cc1C)N1C=CSC1C. The van der Waals surface area contributed by atoms with Crippen molar-refractivity contribution in [1.29, 1.82) is 5.26 Å². The van der Waals surface area contributed by atoms with Gasteiger partial charge in [0.25, 0.3) is 0 Å². The molecule has 0 aromatic heterocycles. The van der Waals surface area contributed by atoms with Crippen molar-refractivity contribution in [3.05, 3.63) is 40.4 Å². The van der Waals surface area contributed by atoms with Gasteiger partial charge in [-0.05, 0) is 49.4 Å². The second kappa shape index (κ2) is 6.23. The average molecular weight is 288 g/mol. The van der Waals surface area contributed by atoms with Crippen molar-refractivity contribution < 1.29 is 4.74 Å². The molecule has 1 aliphatic rings. The normalized spacial score (nSPS) is 18.9. The van der Waals surface area contributed by atoms with Crippen molar-refractivity contribution in [3.8, 4) is 11.8 Å². The molecule has 0 saturated carbocycles. The highest BCUT2D eigenvalue weighted by atomic mass is 32.2. The summed E-state index contributed by atoms with van der Waals surface area (Å²) >= 11 is 1.80. The third-order valence-corrected chi connectivity index (χ3v) is 4.37. The summed E-state index contributed by atoms with van der Waals surface area (Å²) < 4.78 is 6.23. The minimum Gasteiger partial charge on any atom is -0.470 e. The molecule has 0 spiro atoms. The summed E-state index contributed by atoms with van der Waals surface area (Å²) in [4.78, 5) is 2.24. The number of nitrogens with zero attached hydrogens (tertiary/aromatic N) is 2. The van der Waals surface area contributed by atoms with Crippen LogP contribution in [0.5, 0.6) is 5.75 Å². The van der Waals surface area contributed by atoms with E-state index in [9.17, 15) is 0 Å². The zero-order valence-electron chi connectivity index (χ0n) is 12.4. The van der Waals surface area contributed by atoms with Gasteiger partial charge in [0.05, 0.1) is 17.0 Å². The van der Waals surface area contributed by atoms with Crippen LogP contribution in [0.2, 0.25) is 0 Å². The molecule has 2 rings (SSSR count). The number of rotatable bonds is 4. The minimum atomic E-state index is 0.0292. The summed E-state index contributed by atoms with van der Waals surface area (Å²) in [6, 6.07) is 5.95. The van der Waals surface area contributed by atoms with Crippen LogP contribution in [0.1, 0.15) is 37.0 Å². The highest BCUT2D eigenvalue weighted by Gasteiger charge is 2.24. The molecule has 1 aliphatic heterocycles. The Balaban J connectivity index is 2.24. The topological polar surface area (TPSA) is 36.3 Å². The quantitative estimate of drug-likeness (QED) is 0.833. The summed E-state index contributed by atoms with van der Waals surface area (Å²) in [5.41, 5.74) is 2.72. The van der Waals surface area contributed by atoms with Gasteiger partial charge in [-0.1, -0.05) is 6.92 Å². The van der Waals surface area contributed by atoms with Crippen LogP contribution in [0.15, 0.2) is 23.7 Å². The fourth-order valence-corrected chi connectivity index (χ4v) is 3.22. The summed E-state index contributed by atoms with van der Waals surface area (Å²) in [6.45, 7) is 8.29. The van der Waals surface area contributed by atoms with E-state index in [4.69, 9.17) is 10.00 Å². The van der Waals surface area contributed by atoms with E-state index in [-0.39, 0.29) is 6.23 Å². The van der Waals surface area contributed by atoms with Crippen molar-refractivity contribution in [1.82, 2.24) is 4.90 Å². The van der Waals surface area contributed by atoms with E-state index in [0.29, 0.717) is 10.9 Å². The fraction of sp³-hybridized carbons (Fsp3) is 0.438. The van der Waals surface area contributed by atoms with Gasteiger partial charge >= 0.3 is 0 Å². The Kier molecular flexibility index (Phi) is 4.61. The fourth-order valence-electron chi connectivity index (χ4n) is 2.43. The summed E-state index contributed by atoms with van der Waals surface area (Å²) in [5.74, 6) is 0.897. The molecule has 0 amide bonds. The van der Waals surface area contributed by atoms with Crippen LogP contribution in [0.3, 0.4) is 0 Å². The van der Waals surface area contributed by atoms with Gasteiger partial charge in [-0.2, -0.15) is 5.26 Å². The van der Waals surface area contributed by atoms with Crippen molar-refractivity contribution in [2.45, 2.75) is 45.7 Å². The molecule has 0 saturated heterocycles. The lowest BCUT2D eigenvalue weighted by atomic mass is 10.1. The molecule has 106 valence electrons. The first-order chi connectivity index (χ1) is 9.56. The second-order valence-electron chi connectivity index (χ2n) is 5.00. The van der Waals surface area contributed by atoms with Crippen LogP contribution in [-0.2, 0) is 0 Å². The minimum absolute atomic E-state index is 0.0292. The van der Waals surface area contributed by atoms with Gasteiger partial charge in [-0.3, -0.25) is 0 Å². The Morgan fingerprint density at radius 2 is 2.05 bits per heavy atom. The maximum Gasteiger partial charge on any atom is 0.172 e. The molecule has 0 radical (unpaired) electrons. The Labute approximate surface area is 125 Å². The third-order valence-electron chi connectivity index (χ3n) is 3.45. The lowest BCUT2D eigenvalue weighted by molar-refractivity contribution is 0.0549. The molecule has 1 heterocycles. The molecule has 2 atom stereocenters. The van der Waals surface area contributed by atoms with Crippen LogP contribution < -0.4 is 4.74 Å². The molecule has 1 aromatic rings. The smallest absolute Gasteiger partial charge is 0.172 e. The predicted octanol–water partition coefficient (Wildman–Crippen LogP) is 4.16. The molecule has 20 heavy (non-hydrogen) atoms. The van der Waals surface area contributed by atoms with E-state index in [1.807, 2.05) is 26.0 Å². The van der Waals surface area contributed by atoms with Gasteiger partial charge in [-0.25, -0.2) is 0 Å². The van der Waals surface area contributed by atoms with E-state index in [1.54, 1.807) is 11.8 Å². The molecule has 3 nitrogen and oxygen atoms in total. The number of hydrogen-bond donors (Lipinski definition) is 0. The number of nitriles is 1. The van der Waals surface area contributed by atoms with Crippen LogP contribution in [0.4, 0.5) is 0 Å². The maximum atomic E-state index is 9.00. The van der Waals surface area contributed by atoms with Crippen LogP contribution in [-0.4, -0.2) is 16.5 Å². The molecule has 0 fully saturated rings. The Morgan fingerprint density at radius 1 is 1.40 bits per heavy atom. The molecule has 0 bridgehead atoms. The zero-order valence-corrected chi connectivity index (χ0v) is 13.2. The Morgan fingerprint density at radius 3 is 2.50 bits per heavy atom. The summed E-state index contributed by atoms with van der Waals surface area (Å²) in [6.07, 6.45) is 3.04. The molecule has 0 aliphatic carbocycles. The molecule has 0 N–H and O–H groups in total. The molecule has 2 unspecified atom stereocenters. The van der Waals surface area contributed by atoms with Gasteiger partial charge in [0.15, 0.2) is 6.23 Å². The van der Waals surface area contributed by atoms with Crippen LogP contribution >= 0.6 is 11.8 Å². The Hall–Kier alpha value is -1.60. The summed E-state index contributed by atoms with van der Waals surface area (Å²) in [7, 11) is 0. The van der Waals surface area contributed by atoms with Crippen molar-refractivity contribution in [2.75, 3.05) is 0 Å². The van der Waals surface area contributed by atoms with Crippen molar-refractivity contribution in [3.63, 3.8) is 0 Å². The van der Waals surface area contributed by atoms with E-state index < -0.39 is 0 Å². The van der Waals surface area contributed by atoms with E-state index >= 15 is 0 Å². The largest absolute Gasteiger partial charge is 0.470 e. The van der Waals surface area contributed by atoms with Crippen molar-refractivity contribution in [2.24, 2.45) is 0 Å². The van der Waals surface area contributed by atoms with E-state index in [1.165, 1.54) is 0 Å². The first kappa shape index (κ1) is 14.8. The third kappa shape index (κ3) is 2.94. The number of ether oxygens (including phenoxy) is 1. The number of hydrogen-bond acceptors (Lipinski definition) is 4. The zero-order chi connectivity index (χ0) is 14.7. The summed E-state index contributed by atoms with van der Waals surface area (Å²) in [5, 5.41) is 11.5. The van der Waals surface area contributed by atoms with Gasteiger partial charge in [0.1, 0.15) is 5.75 Å². The number of aryl methyl sites for hydroxylation is 2. The van der Waals surface area contributed by atoms with Crippen LogP contribution in [0.25, 0.3) is 0 Å². The standard InChI is InChI=1S/C16H20N2OS/c1-5-15(18-6-7-20-13(18)4)19-16-11(2)8-14(10-17)9-12(16)3/h6-9,13,15H,5H2,1-4H3. The van der Waals surface area contributed by atoms with Crippen LogP contribution in [0, 0.1) is 25.2 Å². The lowest BCUT2D eigenvalue weighted by Gasteiger charge is -2.32. The van der Waals surface area contributed by atoms with E-state index in [2.05, 4.69) is 36.4 Å². The first-order valence-corrected chi connectivity index (χ1v) is 7.78. The lowest BCUT2D eigenvalue weighted by Crippen LogP contribution is -2.38. The Bertz CT molecular complexity index is 539. The molecule has 4 heteroatoms. The highest BCUT2D eigenvalue weighted by molar-refractivity contribution is 8.02. The van der Waals surface area contributed by atoms with Gasteiger partial charge in [0.2, 0.25) is 0 Å². The second-order valence-corrected chi connectivity index (χ2v) is 6.23. The average Bonchev–Trinajstić information content (AvgIpc) is 2.84. The van der Waals surface area contributed by atoms with Gasteiger partial charge in [0, 0.05) is 12.6 Å². The highest BCUT2D eigenvalue weighted by Crippen LogP contribution is 2.31. The molecular weight excluding hydrogens is 268 g/mol. The van der Waals surface area contributed by atoms with Gasteiger partial charge < -0.3 is 9.64 Å². The van der Waals surface area contributed by atoms with E-state index in [0.717, 1.165) is 23.3 Å². The first-order valence-electron chi connectivity index (χ1n) is 6.84. The number of thioether (sulfide) groups is 1. The molecule has 1 aromatic carbocycles. The predicted molar refractivity (Wildman–Crippen MR) is 83.4 cm³/mol. The number of benzene rings is 1. The van der Waals surface area contributed by atoms with Crippen molar-refractivity contribution >= 4 is 11.8 Å². The monoisotopic (exact) mass is 288 g/mol.